The number of alkyl halides is 3. The summed E-state index contributed by atoms with van der Waals surface area (Å²) in [5.41, 5.74) is -0.336. The molecule has 0 saturated heterocycles. The zero-order valence-corrected chi connectivity index (χ0v) is 17.6. The van der Waals surface area contributed by atoms with Gasteiger partial charge in [0.05, 0.1) is 27.6 Å². The first-order chi connectivity index (χ1) is 14.7. The van der Waals surface area contributed by atoms with Crippen molar-refractivity contribution < 1.29 is 27.6 Å². The second kappa shape index (κ2) is 9.55. The van der Waals surface area contributed by atoms with Crippen molar-refractivity contribution >= 4 is 35.2 Å². The average Bonchev–Trinajstić information content (AvgIpc) is 2.98. The monoisotopic (exact) mass is 450 g/mol. The van der Waals surface area contributed by atoms with Crippen molar-refractivity contribution in [3.05, 3.63) is 65.2 Å². The number of benzene rings is 2. The summed E-state index contributed by atoms with van der Waals surface area (Å²) >= 11 is 1.31. The molecule has 9 heteroatoms. The van der Waals surface area contributed by atoms with Crippen LogP contribution >= 0.6 is 11.8 Å². The summed E-state index contributed by atoms with van der Waals surface area (Å²) in [4.78, 5) is 38.1. The van der Waals surface area contributed by atoms with Crippen molar-refractivity contribution in [2.24, 2.45) is 0 Å². The number of carbonyl (C=O) groups excluding carboxylic acids is 3. The van der Waals surface area contributed by atoms with Gasteiger partial charge in [0.25, 0.3) is 11.8 Å². The Kier molecular flexibility index (Phi) is 7.04. The van der Waals surface area contributed by atoms with Crippen molar-refractivity contribution in [2.75, 3.05) is 17.6 Å². The Labute approximate surface area is 182 Å². The van der Waals surface area contributed by atoms with Crippen molar-refractivity contribution in [1.82, 2.24) is 4.90 Å². The summed E-state index contributed by atoms with van der Waals surface area (Å²) in [7, 11) is 0. The third-order valence-electron chi connectivity index (χ3n) is 4.88. The molecular weight excluding hydrogens is 429 g/mol. The van der Waals surface area contributed by atoms with Crippen LogP contribution in [0.5, 0.6) is 0 Å². The van der Waals surface area contributed by atoms with Gasteiger partial charge in [0.15, 0.2) is 0 Å². The molecule has 0 bridgehead atoms. The van der Waals surface area contributed by atoms with Crippen LogP contribution in [0.4, 0.5) is 18.9 Å². The lowest BCUT2D eigenvalue weighted by Crippen LogP contribution is -2.30. The summed E-state index contributed by atoms with van der Waals surface area (Å²) in [5, 5.41) is 1.79. The van der Waals surface area contributed by atoms with Gasteiger partial charge in [-0.2, -0.15) is 13.2 Å². The lowest BCUT2D eigenvalue weighted by Gasteiger charge is -2.16. The van der Waals surface area contributed by atoms with E-state index in [0.29, 0.717) is 29.7 Å². The smallest absolute Gasteiger partial charge is 0.325 e. The van der Waals surface area contributed by atoms with Crippen LogP contribution in [0.1, 0.15) is 46.0 Å². The van der Waals surface area contributed by atoms with Gasteiger partial charge in [-0.3, -0.25) is 19.3 Å². The molecule has 3 amide bonds. The zero-order valence-electron chi connectivity index (χ0n) is 16.7. The fourth-order valence-corrected chi connectivity index (χ4v) is 4.16. The predicted molar refractivity (Wildman–Crippen MR) is 113 cm³/mol. The number of hydrogen-bond acceptors (Lipinski definition) is 4. The standard InChI is InChI=1S/C22H21F3N2O3S/c1-14(19(28)26-18-11-5-4-10-17(18)22(23,24)25)31-13-7-6-12-27-20(29)15-8-2-3-9-16(15)21(27)30/h2-5,8-11,14H,6-7,12-13H2,1H3,(H,26,28). The fourth-order valence-electron chi connectivity index (χ4n) is 3.22. The molecule has 1 aliphatic heterocycles. The summed E-state index contributed by atoms with van der Waals surface area (Å²) in [6.45, 7) is 1.91. The van der Waals surface area contributed by atoms with Crippen LogP contribution in [0.25, 0.3) is 0 Å². The SMILES string of the molecule is CC(SCCCCN1C(=O)c2ccccc2C1=O)C(=O)Nc1ccccc1C(F)(F)F. The molecule has 2 aromatic rings. The van der Waals surface area contributed by atoms with Crippen LogP contribution in [0.15, 0.2) is 48.5 Å². The van der Waals surface area contributed by atoms with E-state index in [1.54, 1.807) is 31.2 Å². The molecule has 0 aliphatic carbocycles. The fraction of sp³-hybridized carbons (Fsp3) is 0.318. The molecule has 0 fully saturated rings. The Morgan fingerprint density at radius 1 is 1.00 bits per heavy atom. The van der Waals surface area contributed by atoms with Gasteiger partial charge >= 0.3 is 6.18 Å². The largest absolute Gasteiger partial charge is 0.418 e. The van der Waals surface area contributed by atoms with Gasteiger partial charge in [-0.15, -0.1) is 11.8 Å². The molecule has 0 aromatic heterocycles. The highest BCUT2D eigenvalue weighted by atomic mass is 32.2. The van der Waals surface area contributed by atoms with Crippen LogP contribution in [-0.2, 0) is 11.0 Å². The van der Waals surface area contributed by atoms with Gasteiger partial charge in [0.1, 0.15) is 0 Å². The minimum absolute atomic E-state index is 0.266. The van der Waals surface area contributed by atoms with Crippen LogP contribution in [0, 0.1) is 0 Å². The number of unbranched alkanes of at least 4 members (excludes halogenated alkanes) is 1. The molecule has 1 N–H and O–H groups in total. The molecule has 0 spiro atoms. The van der Waals surface area contributed by atoms with Crippen molar-refractivity contribution in [3.63, 3.8) is 0 Å². The first-order valence-corrected chi connectivity index (χ1v) is 10.8. The molecule has 1 aliphatic rings. The van der Waals surface area contributed by atoms with E-state index in [1.165, 1.54) is 34.9 Å². The highest BCUT2D eigenvalue weighted by molar-refractivity contribution is 8.00. The van der Waals surface area contributed by atoms with E-state index in [1.807, 2.05) is 0 Å². The van der Waals surface area contributed by atoms with Gasteiger partial charge in [0.2, 0.25) is 5.91 Å². The first-order valence-electron chi connectivity index (χ1n) is 9.74. The topological polar surface area (TPSA) is 66.5 Å². The van der Waals surface area contributed by atoms with Gasteiger partial charge in [-0.05, 0) is 49.8 Å². The van der Waals surface area contributed by atoms with Gasteiger partial charge in [0, 0.05) is 6.54 Å². The molecule has 1 atom stereocenters. The summed E-state index contributed by atoms with van der Waals surface area (Å²) < 4.78 is 39.1. The number of fused-ring (bicyclic) bond motifs is 1. The third-order valence-corrected chi connectivity index (χ3v) is 6.12. The summed E-state index contributed by atoms with van der Waals surface area (Å²) in [6.07, 6.45) is -3.33. The number of imide groups is 1. The maximum absolute atomic E-state index is 13.0. The number of anilines is 1. The van der Waals surface area contributed by atoms with Gasteiger partial charge in [-0.1, -0.05) is 24.3 Å². The van der Waals surface area contributed by atoms with Gasteiger partial charge in [-0.25, -0.2) is 0 Å². The second-order valence-corrected chi connectivity index (χ2v) is 8.51. The minimum Gasteiger partial charge on any atom is -0.325 e. The predicted octanol–water partition coefficient (Wildman–Crippen LogP) is 4.84. The number of rotatable bonds is 8. The van der Waals surface area contributed by atoms with Crippen molar-refractivity contribution in [1.29, 1.82) is 0 Å². The molecule has 3 rings (SSSR count). The lowest BCUT2D eigenvalue weighted by atomic mass is 10.1. The maximum atomic E-state index is 13.0. The lowest BCUT2D eigenvalue weighted by molar-refractivity contribution is -0.137. The van der Waals surface area contributed by atoms with Crippen LogP contribution in [0.3, 0.4) is 0 Å². The number of hydrogen-bond donors (Lipinski definition) is 1. The molecule has 1 heterocycles. The molecule has 31 heavy (non-hydrogen) atoms. The van der Waals surface area contributed by atoms with Crippen LogP contribution in [-0.4, -0.2) is 40.2 Å². The number of carbonyl (C=O) groups is 3. The van der Waals surface area contributed by atoms with Crippen LogP contribution < -0.4 is 5.32 Å². The number of nitrogens with zero attached hydrogens (tertiary/aromatic N) is 1. The number of halogens is 3. The zero-order chi connectivity index (χ0) is 22.6. The number of para-hydroxylation sites is 1. The van der Waals surface area contributed by atoms with Crippen molar-refractivity contribution in [3.8, 4) is 0 Å². The van der Waals surface area contributed by atoms with Crippen molar-refractivity contribution in [2.45, 2.75) is 31.2 Å². The molecule has 1 unspecified atom stereocenters. The Hall–Kier alpha value is -2.81. The third kappa shape index (κ3) is 5.28. The Bertz CT molecular complexity index is 959. The summed E-state index contributed by atoms with van der Waals surface area (Å²) in [5.74, 6) is -0.547. The van der Waals surface area contributed by atoms with E-state index in [2.05, 4.69) is 5.32 Å². The maximum Gasteiger partial charge on any atom is 0.418 e. The number of amides is 3. The molecule has 0 radical (unpaired) electrons. The molecule has 164 valence electrons. The molecular formula is C22H21F3N2O3S. The average molecular weight is 450 g/mol. The van der Waals surface area contributed by atoms with E-state index >= 15 is 0 Å². The van der Waals surface area contributed by atoms with E-state index in [4.69, 9.17) is 0 Å². The van der Waals surface area contributed by atoms with Crippen LogP contribution in [0.2, 0.25) is 0 Å². The van der Waals surface area contributed by atoms with E-state index in [0.717, 1.165) is 6.07 Å². The van der Waals surface area contributed by atoms with E-state index in [-0.39, 0.29) is 24.0 Å². The highest BCUT2D eigenvalue weighted by Crippen LogP contribution is 2.34. The molecule has 0 saturated carbocycles. The number of nitrogens with one attached hydrogen (secondary N) is 1. The minimum atomic E-state index is -4.55. The Morgan fingerprint density at radius 3 is 2.19 bits per heavy atom. The quantitative estimate of drug-likeness (QED) is 0.462. The van der Waals surface area contributed by atoms with Gasteiger partial charge < -0.3 is 5.32 Å². The first kappa shape index (κ1) is 22.9. The highest BCUT2D eigenvalue weighted by Gasteiger charge is 2.35. The number of thioether (sulfide) groups is 1. The molecule has 5 nitrogen and oxygen atoms in total. The Balaban J connectivity index is 1.43. The second-order valence-electron chi connectivity index (χ2n) is 7.06. The van der Waals surface area contributed by atoms with E-state index < -0.39 is 22.9 Å². The van der Waals surface area contributed by atoms with E-state index in [9.17, 15) is 27.6 Å². The normalized spacial score (nSPS) is 14.5. The Morgan fingerprint density at radius 2 is 1.58 bits per heavy atom. The molecule has 2 aromatic carbocycles. The summed E-state index contributed by atoms with van der Waals surface area (Å²) in [6, 6.07) is 11.5.